The number of aromatic nitrogens is 2. The lowest BCUT2D eigenvalue weighted by Crippen LogP contribution is -2.46. The van der Waals surface area contributed by atoms with E-state index in [1.165, 1.54) is 0 Å². The Morgan fingerprint density at radius 1 is 0.892 bits per heavy atom. The van der Waals surface area contributed by atoms with Crippen LogP contribution in [-0.2, 0) is 4.79 Å². The zero-order valence-electron chi connectivity index (χ0n) is 20.5. The summed E-state index contributed by atoms with van der Waals surface area (Å²) in [6.07, 6.45) is 1.19. The number of rotatable bonds is 5. The second-order valence-electron chi connectivity index (χ2n) is 9.01. The van der Waals surface area contributed by atoms with E-state index in [1.54, 1.807) is 17.5 Å². The highest BCUT2D eigenvalue weighted by Gasteiger charge is 2.38. The Labute approximate surface area is 220 Å². The van der Waals surface area contributed by atoms with Crippen molar-refractivity contribution < 1.29 is 9.53 Å². The number of thiazole rings is 1. The van der Waals surface area contributed by atoms with Gasteiger partial charge in [0.1, 0.15) is 10.8 Å². The highest BCUT2D eigenvalue weighted by Crippen LogP contribution is 2.44. The molecule has 0 saturated heterocycles. The number of benzene rings is 3. The molecule has 0 radical (unpaired) electrons. The van der Waals surface area contributed by atoms with Crippen molar-refractivity contribution >= 4 is 22.9 Å². The topological polar surface area (TPSA) is 55.3 Å². The van der Waals surface area contributed by atoms with Crippen molar-refractivity contribution in [1.82, 2.24) is 9.97 Å². The third-order valence-corrected chi connectivity index (χ3v) is 7.54. The molecule has 0 N–H and O–H groups in total. The molecule has 6 heteroatoms. The zero-order valence-corrected chi connectivity index (χ0v) is 21.4. The molecule has 182 valence electrons. The van der Waals surface area contributed by atoms with Gasteiger partial charge in [-0.2, -0.15) is 0 Å². The molecule has 0 fully saturated rings. The molecular weight excluding hydrogens is 478 g/mol. The van der Waals surface area contributed by atoms with Gasteiger partial charge in [-0.25, -0.2) is 4.98 Å². The van der Waals surface area contributed by atoms with Crippen LogP contribution >= 0.6 is 11.3 Å². The molecule has 3 heterocycles. The number of anilines is 1. The summed E-state index contributed by atoms with van der Waals surface area (Å²) >= 11 is 1.62. The highest BCUT2D eigenvalue weighted by atomic mass is 32.1. The van der Waals surface area contributed by atoms with Gasteiger partial charge in [-0.05, 0) is 55.3 Å². The van der Waals surface area contributed by atoms with Crippen LogP contribution in [0.4, 0.5) is 5.69 Å². The lowest BCUT2D eigenvalue weighted by molar-refractivity contribution is -0.126. The fourth-order valence-electron chi connectivity index (χ4n) is 4.80. The van der Waals surface area contributed by atoms with Crippen LogP contribution in [0.25, 0.3) is 22.0 Å². The molecule has 6 rings (SSSR count). The summed E-state index contributed by atoms with van der Waals surface area (Å²) in [5.41, 5.74) is 5.48. The van der Waals surface area contributed by atoms with Crippen molar-refractivity contribution in [3.05, 3.63) is 119 Å². The molecule has 1 aliphatic heterocycles. The average Bonchev–Trinajstić information content (AvgIpc) is 3.34. The SMILES string of the molecule is Cc1sc(-c2ccccn2)nc1-c1ccc2c(c1)N(C(c1ccccc1)c1ccccc1)C(=O)C(C)O2. The normalized spacial score (nSPS) is 14.9. The second-order valence-corrected chi connectivity index (χ2v) is 10.2. The minimum Gasteiger partial charge on any atom is -0.479 e. The number of carbonyl (C=O) groups excluding carboxylic acids is 1. The Morgan fingerprint density at radius 2 is 1.57 bits per heavy atom. The number of pyridine rings is 1. The van der Waals surface area contributed by atoms with E-state index in [1.807, 2.05) is 84.6 Å². The third-order valence-electron chi connectivity index (χ3n) is 6.55. The van der Waals surface area contributed by atoms with Crippen LogP contribution in [0.3, 0.4) is 0 Å². The van der Waals surface area contributed by atoms with E-state index in [0.29, 0.717) is 5.75 Å². The molecule has 0 saturated carbocycles. The maximum absolute atomic E-state index is 13.8. The molecule has 37 heavy (non-hydrogen) atoms. The predicted octanol–water partition coefficient (Wildman–Crippen LogP) is 7.08. The molecule has 5 aromatic rings. The quantitative estimate of drug-likeness (QED) is 0.257. The summed E-state index contributed by atoms with van der Waals surface area (Å²) in [7, 11) is 0. The lowest BCUT2D eigenvalue weighted by atomic mass is 9.94. The Hall–Kier alpha value is -4.29. The lowest BCUT2D eigenvalue weighted by Gasteiger charge is -2.39. The standard InChI is InChI=1S/C31H25N3O2S/c1-20-31(35)34(29(22-11-5-3-6-12-22)23-13-7-4-8-14-23)26-19-24(16-17-27(26)36-20)28-21(2)37-30(33-28)25-15-9-10-18-32-25/h3-20,29H,1-2H3. The summed E-state index contributed by atoms with van der Waals surface area (Å²) in [6.45, 7) is 3.88. The first kappa shape index (κ1) is 23.1. The van der Waals surface area contributed by atoms with E-state index >= 15 is 0 Å². The molecule has 0 aliphatic carbocycles. The third kappa shape index (κ3) is 4.30. The number of aryl methyl sites for hydroxylation is 1. The molecule has 3 aromatic carbocycles. The second kappa shape index (κ2) is 9.64. The van der Waals surface area contributed by atoms with E-state index in [0.717, 1.165) is 43.7 Å². The number of hydrogen-bond donors (Lipinski definition) is 0. The summed E-state index contributed by atoms with van der Waals surface area (Å²) in [6, 6.07) is 31.8. The number of hydrogen-bond acceptors (Lipinski definition) is 5. The van der Waals surface area contributed by atoms with Crippen LogP contribution in [0.5, 0.6) is 5.75 Å². The van der Waals surface area contributed by atoms with Crippen LogP contribution in [0.1, 0.15) is 29.0 Å². The van der Waals surface area contributed by atoms with Gasteiger partial charge >= 0.3 is 0 Å². The van der Waals surface area contributed by atoms with Crippen LogP contribution in [0.2, 0.25) is 0 Å². The Morgan fingerprint density at radius 3 is 2.22 bits per heavy atom. The van der Waals surface area contributed by atoms with E-state index < -0.39 is 6.10 Å². The number of carbonyl (C=O) groups is 1. The van der Waals surface area contributed by atoms with Crippen LogP contribution in [-0.4, -0.2) is 22.0 Å². The van der Waals surface area contributed by atoms with Crippen molar-refractivity contribution in [2.45, 2.75) is 26.0 Å². The largest absolute Gasteiger partial charge is 0.479 e. The smallest absolute Gasteiger partial charge is 0.268 e. The van der Waals surface area contributed by atoms with Crippen molar-refractivity contribution in [3.63, 3.8) is 0 Å². The molecule has 0 spiro atoms. The van der Waals surface area contributed by atoms with Gasteiger partial charge < -0.3 is 4.74 Å². The summed E-state index contributed by atoms with van der Waals surface area (Å²) < 4.78 is 6.07. The fourth-order valence-corrected chi connectivity index (χ4v) is 5.71. The number of ether oxygens (including phenoxy) is 1. The van der Waals surface area contributed by atoms with Crippen LogP contribution in [0, 0.1) is 6.92 Å². The van der Waals surface area contributed by atoms with Gasteiger partial charge in [0.25, 0.3) is 5.91 Å². The van der Waals surface area contributed by atoms with Gasteiger partial charge in [0.05, 0.1) is 23.1 Å². The van der Waals surface area contributed by atoms with Gasteiger partial charge in [0.15, 0.2) is 6.10 Å². The first-order valence-corrected chi connectivity index (χ1v) is 13.0. The molecule has 1 aliphatic rings. The first-order valence-electron chi connectivity index (χ1n) is 12.2. The average molecular weight is 504 g/mol. The number of fused-ring (bicyclic) bond motifs is 1. The minimum atomic E-state index is -0.593. The van der Waals surface area contributed by atoms with Crippen molar-refractivity contribution in [2.24, 2.45) is 0 Å². The van der Waals surface area contributed by atoms with E-state index in [9.17, 15) is 4.79 Å². The Bertz CT molecular complexity index is 1510. The van der Waals surface area contributed by atoms with Gasteiger partial charge in [-0.3, -0.25) is 14.7 Å². The summed E-state index contributed by atoms with van der Waals surface area (Å²) in [5.74, 6) is 0.608. The monoisotopic (exact) mass is 503 g/mol. The van der Waals surface area contributed by atoms with Crippen molar-refractivity contribution in [3.8, 4) is 27.7 Å². The van der Waals surface area contributed by atoms with E-state index in [2.05, 4.69) is 36.2 Å². The van der Waals surface area contributed by atoms with E-state index in [4.69, 9.17) is 9.72 Å². The summed E-state index contributed by atoms with van der Waals surface area (Å²) in [4.78, 5) is 26.1. The molecule has 1 amide bonds. The van der Waals surface area contributed by atoms with Crippen LogP contribution in [0.15, 0.2) is 103 Å². The number of nitrogens with zero attached hydrogens (tertiary/aromatic N) is 3. The molecule has 1 unspecified atom stereocenters. The van der Waals surface area contributed by atoms with Gasteiger partial charge in [0, 0.05) is 16.6 Å². The fraction of sp³-hybridized carbons (Fsp3) is 0.129. The number of amides is 1. The van der Waals surface area contributed by atoms with Gasteiger partial charge in [-0.1, -0.05) is 66.7 Å². The van der Waals surface area contributed by atoms with Gasteiger partial charge in [-0.15, -0.1) is 11.3 Å². The molecule has 2 aromatic heterocycles. The van der Waals surface area contributed by atoms with Crippen LogP contribution < -0.4 is 9.64 Å². The molecular formula is C31H25N3O2S. The molecule has 5 nitrogen and oxygen atoms in total. The minimum absolute atomic E-state index is 0.0773. The van der Waals surface area contributed by atoms with Crippen molar-refractivity contribution in [1.29, 1.82) is 0 Å². The Balaban J connectivity index is 1.50. The predicted molar refractivity (Wildman–Crippen MR) is 148 cm³/mol. The maximum Gasteiger partial charge on any atom is 0.268 e. The first-order chi connectivity index (χ1) is 18.1. The summed E-state index contributed by atoms with van der Waals surface area (Å²) in [5, 5.41) is 0.870. The van der Waals surface area contributed by atoms with E-state index in [-0.39, 0.29) is 11.9 Å². The zero-order chi connectivity index (χ0) is 25.4. The maximum atomic E-state index is 13.8. The Kier molecular flexibility index (Phi) is 6.02. The molecule has 0 bridgehead atoms. The van der Waals surface area contributed by atoms with Gasteiger partial charge in [0.2, 0.25) is 0 Å². The highest BCUT2D eigenvalue weighted by molar-refractivity contribution is 7.15. The molecule has 1 atom stereocenters. The van der Waals surface area contributed by atoms with Crippen molar-refractivity contribution in [2.75, 3.05) is 4.90 Å².